The first-order valence-electron chi connectivity index (χ1n) is 7.15. The van der Waals surface area contributed by atoms with Gasteiger partial charge in [0.2, 0.25) is 5.91 Å². The molecule has 0 radical (unpaired) electrons. The average molecular weight is 335 g/mol. The van der Waals surface area contributed by atoms with E-state index in [0.29, 0.717) is 0 Å². The Morgan fingerprint density at radius 2 is 1.83 bits per heavy atom. The normalized spacial score (nSPS) is 10.3. The van der Waals surface area contributed by atoms with E-state index >= 15 is 0 Å². The SMILES string of the molecule is CCN(CC(=O)Nc1c(F)cccc1F)C(=O)c1ccc[nH]c1=O. The number of anilines is 1. The standard InChI is InChI=1S/C16H15F2N3O3/c1-2-21(16(24)10-5-4-8-19-15(10)23)9-13(22)20-14-11(17)6-3-7-12(14)18/h3-8H,2,9H2,1H3,(H,19,23)(H,20,22). The third-order valence-corrected chi connectivity index (χ3v) is 3.28. The van der Waals surface area contributed by atoms with Crippen LogP contribution in [0.3, 0.4) is 0 Å². The monoisotopic (exact) mass is 335 g/mol. The molecule has 6 nitrogen and oxygen atoms in total. The molecule has 1 heterocycles. The molecule has 0 spiro atoms. The first-order chi connectivity index (χ1) is 11.4. The molecule has 2 rings (SSSR count). The van der Waals surface area contributed by atoms with Gasteiger partial charge < -0.3 is 15.2 Å². The second kappa shape index (κ2) is 7.49. The Hall–Kier alpha value is -3.03. The zero-order valence-corrected chi connectivity index (χ0v) is 12.8. The summed E-state index contributed by atoms with van der Waals surface area (Å²) in [5, 5.41) is 2.10. The van der Waals surface area contributed by atoms with Crippen molar-refractivity contribution in [3.05, 3.63) is 64.1 Å². The molecule has 0 unspecified atom stereocenters. The maximum atomic E-state index is 13.5. The molecular weight excluding hydrogens is 320 g/mol. The third kappa shape index (κ3) is 3.83. The van der Waals surface area contributed by atoms with Gasteiger partial charge in [-0.25, -0.2) is 8.78 Å². The number of amides is 2. The molecule has 2 N–H and O–H groups in total. The van der Waals surface area contributed by atoms with Gasteiger partial charge in [-0.05, 0) is 31.2 Å². The van der Waals surface area contributed by atoms with Crippen molar-refractivity contribution in [1.82, 2.24) is 9.88 Å². The zero-order chi connectivity index (χ0) is 17.7. The quantitative estimate of drug-likeness (QED) is 0.873. The molecule has 126 valence electrons. The van der Waals surface area contributed by atoms with E-state index in [1.54, 1.807) is 6.92 Å². The van der Waals surface area contributed by atoms with Gasteiger partial charge in [-0.2, -0.15) is 0 Å². The van der Waals surface area contributed by atoms with Gasteiger partial charge in [0.05, 0.1) is 0 Å². The Kier molecular flexibility index (Phi) is 5.41. The van der Waals surface area contributed by atoms with E-state index in [2.05, 4.69) is 10.3 Å². The lowest BCUT2D eigenvalue weighted by molar-refractivity contribution is -0.116. The highest BCUT2D eigenvalue weighted by molar-refractivity contribution is 5.99. The fourth-order valence-electron chi connectivity index (χ4n) is 2.06. The summed E-state index contributed by atoms with van der Waals surface area (Å²) in [5.74, 6) is -3.26. The number of benzene rings is 1. The molecule has 0 fully saturated rings. The van der Waals surface area contributed by atoms with Crippen molar-refractivity contribution in [2.75, 3.05) is 18.4 Å². The van der Waals surface area contributed by atoms with E-state index < -0.39 is 41.2 Å². The molecule has 2 amide bonds. The van der Waals surface area contributed by atoms with Gasteiger partial charge in [0.1, 0.15) is 29.4 Å². The smallest absolute Gasteiger partial charge is 0.260 e. The van der Waals surface area contributed by atoms with E-state index in [9.17, 15) is 23.2 Å². The number of halogens is 2. The van der Waals surface area contributed by atoms with Crippen LogP contribution in [0, 0.1) is 11.6 Å². The number of likely N-dealkylation sites (N-methyl/N-ethyl adjacent to an activating group) is 1. The summed E-state index contributed by atoms with van der Waals surface area (Å²) in [6, 6.07) is 6.00. The van der Waals surface area contributed by atoms with Crippen molar-refractivity contribution in [2.45, 2.75) is 6.92 Å². The summed E-state index contributed by atoms with van der Waals surface area (Å²) >= 11 is 0. The number of pyridine rings is 1. The van der Waals surface area contributed by atoms with Gasteiger partial charge >= 0.3 is 0 Å². The summed E-state index contributed by atoms with van der Waals surface area (Å²) < 4.78 is 27.1. The maximum absolute atomic E-state index is 13.5. The van der Waals surface area contributed by atoms with Crippen LogP contribution in [0.2, 0.25) is 0 Å². The molecule has 0 bridgehead atoms. The number of nitrogens with zero attached hydrogens (tertiary/aromatic N) is 1. The van der Waals surface area contributed by atoms with Crippen LogP contribution in [-0.4, -0.2) is 34.8 Å². The van der Waals surface area contributed by atoms with Gasteiger partial charge in [0.25, 0.3) is 11.5 Å². The summed E-state index contributed by atoms with van der Waals surface area (Å²) in [6.07, 6.45) is 1.38. The molecule has 2 aromatic rings. The summed E-state index contributed by atoms with van der Waals surface area (Å²) in [6.45, 7) is 1.31. The molecule has 0 saturated carbocycles. The number of carbonyl (C=O) groups excluding carboxylic acids is 2. The average Bonchev–Trinajstić information content (AvgIpc) is 2.56. The Bertz CT molecular complexity index is 800. The molecule has 0 aliphatic rings. The number of nitrogens with one attached hydrogen (secondary N) is 2. The van der Waals surface area contributed by atoms with E-state index in [0.717, 1.165) is 17.0 Å². The van der Waals surface area contributed by atoms with Crippen LogP contribution in [-0.2, 0) is 4.79 Å². The Balaban J connectivity index is 2.13. The molecule has 0 saturated heterocycles. The number of hydrogen-bond acceptors (Lipinski definition) is 3. The highest BCUT2D eigenvalue weighted by Gasteiger charge is 2.21. The lowest BCUT2D eigenvalue weighted by atomic mass is 10.2. The predicted molar refractivity (Wildman–Crippen MR) is 83.6 cm³/mol. The van der Waals surface area contributed by atoms with Crippen LogP contribution >= 0.6 is 0 Å². The van der Waals surface area contributed by atoms with E-state index in [-0.39, 0.29) is 12.1 Å². The molecule has 0 aliphatic carbocycles. The molecule has 0 atom stereocenters. The van der Waals surface area contributed by atoms with Crippen LogP contribution < -0.4 is 10.9 Å². The number of hydrogen-bond donors (Lipinski definition) is 2. The maximum Gasteiger partial charge on any atom is 0.260 e. The van der Waals surface area contributed by atoms with Crippen LogP contribution in [0.25, 0.3) is 0 Å². The van der Waals surface area contributed by atoms with Gasteiger partial charge in [0, 0.05) is 12.7 Å². The Morgan fingerprint density at radius 1 is 1.17 bits per heavy atom. The lowest BCUT2D eigenvalue weighted by Gasteiger charge is -2.20. The minimum atomic E-state index is -0.919. The Labute approximate surface area is 136 Å². The number of H-pyrrole nitrogens is 1. The first kappa shape index (κ1) is 17.3. The molecule has 8 heteroatoms. The van der Waals surface area contributed by atoms with Crippen molar-refractivity contribution in [1.29, 1.82) is 0 Å². The van der Waals surface area contributed by atoms with E-state index in [4.69, 9.17) is 0 Å². The van der Waals surface area contributed by atoms with Crippen LogP contribution in [0.1, 0.15) is 17.3 Å². The van der Waals surface area contributed by atoms with Gasteiger partial charge in [0.15, 0.2) is 0 Å². The lowest BCUT2D eigenvalue weighted by Crippen LogP contribution is -2.40. The predicted octanol–water partition coefficient (Wildman–Crippen LogP) is 1.75. The molecule has 1 aromatic heterocycles. The van der Waals surface area contributed by atoms with Crippen LogP contribution in [0.4, 0.5) is 14.5 Å². The molecule has 1 aromatic carbocycles. The minimum absolute atomic E-state index is 0.121. The van der Waals surface area contributed by atoms with Crippen molar-refractivity contribution in [2.24, 2.45) is 0 Å². The van der Waals surface area contributed by atoms with Gasteiger partial charge in [-0.1, -0.05) is 6.07 Å². The number of aromatic amines is 1. The fourth-order valence-corrected chi connectivity index (χ4v) is 2.06. The number of aromatic nitrogens is 1. The van der Waals surface area contributed by atoms with Crippen molar-refractivity contribution < 1.29 is 18.4 Å². The minimum Gasteiger partial charge on any atom is -0.329 e. The third-order valence-electron chi connectivity index (χ3n) is 3.28. The second-order valence-electron chi connectivity index (χ2n) is 4.88. The topological polar surface area (TPSA) is 82.3 Å². The highest BCUT2D eigenvalue weighted by Crippen LogP contribution is 2.17. The van der Waals surface area contributed by atoms with Gasteiger partial charge in [-0.15, -0.1) is 0 Å². The number of rotatable bonds is 5. The summed E-state index contributed by atoms with van der Waals surface area (Å²) in [5.41, 5.74) is -1.28. The van der Waals surface area contributed by atoms with E-state index in [1.165, 1.54) is 24.4 Å². The molecule has 24 heavy (non-hydrogen) atoms. The largest absolute Gasteiger partial charge is 0.329 e. The van der Waals surface area contributed by atoms with Crippen LogP contribution in [0.15, 0.2) is 41.3 Å². The molecular formula is C16H15F2N3O3. The zero-order valence-electron chi connectivity index (χ0n) is 12.8. The fraction of sp³-hybridized carbons (Fsp3) is 0.188. The Morgan fingerprint density at radius 3 is 2.42 bits per heavy atom. The highest BCUT2D eigenvalue weighted by atomic mass is 19.1. The second-order valence-corrected chi connectivity index (χ2v) is 4.88. The van der Waals surface area contributed by atoms with Gasteiger partial charge in [-0.3, -0.25) is 14.4 Å². The number of para-hydroxylation sites is 1. The first-order valence-corrected chi connectivity index (χ1v) is 7.15. The van der Waals surface area contributed by atoms with Crippen LogP contribution in [0.5, 0.6) is 0 Å². The van der Waals surface area contributed by atoms with E-state index in [1.807, 2.05) is 0 Å². The van der Waals surface area contributed by atoms with Crippen molar-refractivity contribution >= 4 is 17.5 Å². The van der Waals surface area contributed by atoms with Crippen molar-refractivity contribution in [3.8, 4) is 0 Å². The molecule has 0 aliphatic heterocycles. The summed E-state index contributed by atoms with van der Waals surface area (Å²) in [7, 11) is 0. The van der Waals surface area contributed by atoms with Crippen molar-refractivity contribution in [3.63, 3.8) is 0 Å². The number of carbonyl (C=O) groups is 2. The summed E-state index contributed by atoms with van der Waals surface area (Å²) in [4.78, 5) is 39.4.